The number of nitrogens with zero attached hydrogens (tertiary/aromatic N) is 2. The second kappa shape index (κ2) is 7.44. The van der Waals surface area contributed by atoms with E-state index in [1.54, 1.807) is 0 Å². The second-order valence-electron chi connectivity index (χ2n) is 6.41. The zero-order chi connectivity index (χ0) is 16.1. The second-order valence-corrected chi connectivity index (χ2v) is 6.41. The molecule has 122 valence electrons. The Morgan fingerprint density at radius 3 is 2.57 bits per heavy atom. The van der Waals surface area contributed by atoms with Crippen LogP contribution < -0.4 is 10.6 Å². The van der Waals surface area contributed by atoms with Crippen LogP contribution in [0.1, 0.15) is 46.0 Å². The monoisotopic (exact) mass is 310 g/mol. The molecule has 0 aliphatic heterocycles. The summed E-state index contributed by atoms with van der Waals surface area (Å²) in [6.45, 7) is 4.32. The maximum atomic E-state index is 4.70. The van der Waals surface area contributed by atoms with Crippen LogP contribution in [-0.4, -0.2) is 22.1 Å². The van der Waals surface area contributed by atoms with Gasteiger partial charge in [-0.05, 0) is 26.2 Å². The van der Waals surface area contributed by atoms with Crippen molar-refractivity contribution in [3.8, 4) is 11.3 Å². The summed E-state index contributed by atoms with van der Waals surface area (Å²) in [6, 6.07) is 13.3. The van der Waals surface area contributed by atoms with Gasteiger partial charge in [-0.3, -0.25) is 0 Å². The first kappa shape index (κ1) is 15.8. The standard InChI is InChI=1S/C19H26N4/c1-3-14(2)20-19-22-17(15-9-5-4-6-10-15)13-18(23-19)21-16-11-7-8-12-16/h4-6,9-10,13-14,16H,3,7-8,11-12H2,1-2H3,(H2,20,21,22,23). The largest absolute Gasteiger partial charge is 0.367 e. The summed E-state index contributed by atoms with van der Waals surface area (Å²) in [7, 11) is 0. The van der Waals surface area contributed by atoms with Crippen LogP contribution in [0.5, 0.6) is 0 Å². The van der Waals surface area contributed by atoms with E-state index in [0.717, 1.165) is 23.5 Å². The average molecular weight is 310 g/mol. The molecule has 1 aliphatic carbocycles. The van der Waals surface area contributed by atoms with Crippen molar-refractivity contribution in [1.29, 1.82) is 0 Å². The molecule has 1 fully saturated rings. The molecule has 4 nitrogen and oxygen atoms in total. The molecule has 0 amide bonds. The highest BCUT2D eigenvalue weighted by Gasteiger charge is 2.16. The Kier molecular flexibility index (Phi) is 5.11. The van der Waals surface area contributed by atoms with Gasteiger partial charge in [0.25, 0.3) is 0 Å². The van der Waals surface area contributed by atoms with Crippen molar-refractivity contribution in [3.05, 3.63) is 36.4 Å². The van der Waals surface area contributed by atoms with Crippen LogP contribution >= 0.6 is 0 Å². The lowest BCUT2D eigenvalue weighted by Gasteiger charge is -2.17. The van der Waals surface area contributed by atoms with Gasteiger partial charge in [0.15, 0.2) is 0 Å². The van der Waals surface area contributed by atoms with E-state index in [4.69, 9.17) is 4.98 Å². The molecular weight excluding hydrogens is 284 g/mol. The molecule has 3 rings (SSSR count). The quantitative estimate of drug-likeness (QED) is 0.811. The van der Waals surface area contributed by atoms with Gasteiger partial charge in [-0.2, -0.15) is 4.98 Å². The molecule has 0 bridgehead atoms. The van der Waals surface area contributed by atoms with E-state index < -0.39 is 0 Å². The highest BCUT2D eigenvalue weighted by molar-refractivity contribution is 5.64. The van der Waals surface area contributed by atoms with E-state index in [1.165, 1.54) is 25.7 Å². The number of aromatic nitrogens is 2. The molecule has 0 radical (unpaired) electrons. The lowest BCUT2D eigenvalue weighted by molar-refractivity contribution is 0.741. The first-order valence-corrected chi connectivity index (χ1v) is 8.72. The van der Waals surface area contributed by atoms with Gasteiger partial charge in [-0.25, -0.2) is 4.98 Å². The molecule has 1 aromatic carbocycles. The molecule has 23 heavy (non-hydrogen) atoms. The van der Waals surface area contributed by atoms with Crippen LogP contribution in [0.15, 0.2) is 36.4 Å². The van der Waals surface area contributed by atoms with Gasteiger partial charge in [0.05, 0.1) is 5.69 Å². The van der Waals surface area contributed by atoms with E-state index in [1.807, 2.05) is 18.2 Å². The highest BCUT2D eigenvalue weighted by Crippen LogP contribution is 2.25. The predicted molar refractivity (Wildman–Crippen MR) is 96.7 cm³/mol. The summed E-state index contributed by atoms with van der Waals surface area (Å²) in [5.74, 6) is 1.64. The molecule has 0 spiro atoms. The lowest BCUT2D eigenvalue weighted by Crippen LogP contribution is -2.19. The SMILES string of the molecule is CCC(C)Nc1nc(NC2CCCC2)cc(-c2ccccc2)n1. The van der Waals surface area contributed by atoms with Crippen LogP contribution in [0.25, 0.3) is 11.3 Å². The minimum absolute atomic E-state index is 0.361. The summed E-state index contributed by atoms with van der Waals surface area (Å²) >= 11 is 0. The number of nitrogens with one attached hydrogen (secondary N) is 2. The van der Waals surface area contributed by atoms with Gasteiger partial charge in [0.1, 0.15) is 5.82 Å². The Bertz CT molecular complexity index is 621. The average Bonchev–Trinajstić information content (AvgIpc) is 3.08. The van der Waals surface area contributed by atoms with Gasteiger partial charge >= 0.3 is 0 Å². The minimum atomic E-state index is 0.361. The molecule has 1 heterocycles. The minimum Gasteiger partial charge on any atom is -0.367 e. The van der Waals surface area contributed by atoms with E-state index in [2.05, 4.69) is 47.7 Å². The first-order chi connectivity index (χ1) is 11.2. The smallest absolute Gasteiger partial charge is 0.225 e. The molecule has 0 saturated heterocycles. The van der Waals surface area contributed by atoms with Gasteiger partial charge in [0, 0.05) is 23.7 Å². The number of hydrogen-bond donors (Lipinski definition) is 2. The van der Waals surface area contributed by atoms with Crippen molar-refractivity contribution in [2.24, 2.45) is 0 Å². The van der Waals surface area contributed by atoms with Crippen LogP contribution in [0.3, 0.4) is 0 Å². The number of benzene rings is 1. The van der Waals surface area contributed by atoms with Crippen molar-refractivity contribution < 1.29 is 0 Å². The Balaban J connectivity index is 1.89. The van der Waals surface area contributed by atoms with E-state index >= 15 is 0 Å². The van der Waals surface area contributed by atoms with Crippen LogP contribution in [0.4, 0.5) is 11.8 Å². The van der Waals surface area contributed by atoms with Crippen LogP contribution in [0.2, 0.25) is 0 Å². The van der Waals surface area contributed by atoms with Crippen LogP contribution in [-0.2, 0) is 0 Å². The van der Waals surface area contributed by atoms with Crippen molar-refractivity contribution in [2.75, 3.05) is 10.6 Å². The third kappa shape index (κ3) is 4.21. The number of anilines is 2. The third-order valence-corrected chi connectivity index (χ3v) is 4.49. The van der Waals surface area contributed by atoms with Gasteiger partial charge in [-0.15, -0.1) is 0 Å². The molecule has 1 saturated carbocycles. The first-order valence-electron chi connectivity index (χ1n) is 8.72. The molecule has 4 heteroatoms. The fourth-order valence-electron chi connectivity index (χ4n) is 2.94. The maximum Gasteiger partial charge on any atom is 0.225 e. The predicted octanol–water partition coefficient (Wildman–Crippen LogP) is 4.71. The Morgan fingerprint density at radius 2 is 1.87 bits per heavy atom. The summed E-state index contributed by atoms with van der Waals surface area (Å²) in [5, 5.41) is 7.00. The fraction of sp³-hybridized carbons (Fsp3) is 0.474. The van der Waals surface area contributed by atoms with Gasteiger partial charge in [0.2, 0.25) is 5.95 Å². The molecular formula is C19H26N4. The fourth-order valence-corrected chi connectivity index (χ4v) is 2.94. The van der Waals surface area contributed by atoms with E-state index in [9.17, 15) is 0 Å². The summed E-state index contributed by atoms with van der Waals surface area (Å²) < 4.78 is 0. The van der Waals surface area contributed by atoms with Crippen molar-refractivity contribution in [2.45, 2.75) is 58.0 Å². The lowest BCUT2D eigenvalue weighted by atomic mass is 10.1. The zero-order valence-corrected chi connectivity index (χ0v) is 14.0. The highest BCUT2D eigenvalue weighted by atomic mass is 15.2. The molecule has 1 aliphatic rings. The van der Waals surface area contributed by atoms with Crippen molar-refractivity contribution in [3.63, 3.8) is 0 Å². The van der Waals surface area contributed by atoms with Crippen molar-refractivity contribution >= 4 is 11.8 Å². The normalized spacial score (nSPS) is 16.3. The van der Waals surface area contributed by atoms with Gasteiger partial charge < -0.3 is 10.6 Å². The Morgan fingerprint density at radius 1 is 1.13 bits per heavy atom. The summed E-state index contributed by atoms with van der Waals surface area (Å²) in [4.78, 5) is 9.38. The Labute approximate surface area is 138 Å². The zero-order valence-electron chi connectivity index (χ0n) is 14.0. The molecule has 2 aromatic rings. The summed E-state index contributed by atoms with van der Waals surface area (Å²) in [5.41, 5.74) is 2.09. The number of hydrogen-bond acceptors (Lipinski definition) is 4. The Hall–Kier alpha value is -2.10. The molecule has 1 unspecified atom stereocenters. The maximum absolute atomic E-state index is 4.70. The van der Waals surface area contributed by atoms with E-state index in [0.29, 0.717) is 18.0 Å². The van der Waals surface area contributed by atoms with Gasteiger partial charge in [-0.1, -0.05) is 50.1 Å². The summed E-state index contributed by atoms with van der Waals surface area (Å²) in [6.07, 6.45) is 6.14. The molecule has 1 atom stereocenters. The topological polar surface area (TPSA) is 49.8 Å². The molecule has 1 aromatic heterocycles. The number of rotatable bonds is 6. The van der Waals surface area contributed by atoms with Crippen LogP contribution in [0, 0.1) is 0 Å². The van der Waals surface area contributed by atoms with E-state index in [-0.39, 0.29) is 0 Å². The third-order valence-electron chi connectivity index (χ3n) is 4.49. The van der Waals surface area contributed by atoms with Crippen molar-refractivity contribution in [1.82, 2.24) is 9.97 Å². The molecule has 2 N–H and O–H groups in total.